The highest BCUT2D eigenvalue weighted by atomic mass is 32.2. The van der Waals surface area contributed by atoms with E-state index in [1.807, 2.05) is 38.1 Å². The van der Waals surface area contributed by atoms with Crippen LogP contribution in [0.25, 0.3) is 0 Å². The molecular formula is C34H43N3O8S2. The minimum Gasteiger partial charge on any atom is -0.508 e. The summed E-state index contributed by atoms with van der Waals surface area (Å²) in [5.74, 6) is 1.03. The lowest BCUT2D eigenvalue weighted by molar-refractivity contribution is 0.0729. The molecule has 3 heterocycles. The van der Waals surface area contributed by atoms with E-state index in [1.54, 1.807) is 23.1 Å². The quantitative estimate of drug-likeness (QED) is 0.409. The summed E-state index contributed by atoms with van der Waals surface area (Å²) in [5.41, 5.74) is 7.66. The number of ether oxygens (including phenoxy) is 2. The summed E-state index contributed by atoms with van der Waals surface area (Å²) >= 11 is 0. The van der Waals surface area contributed by atoms with Crippen LogP contribution in [0.4, 0.5) is 4.79 Å². The maximum Gasteiger partial charge on any atom is 0.410 e. The fourth-order valence-electron chi connectivity index (χ4n) is 5.97. The highest BCUT2D eigenvalue weighted by Gasteiger charge is 2.25. The Kier molecular flexibility index (Phi) is 10.5. The Bertz CT molecular complexity index is 1840. The van der Waals surface area contributed by atoms with Crippen molar-refractivity contribution in [1.82, 2.24) is 13.5 Å². The Labute approximate surface area is 277 Å². The molecule has 3 aliphatic rings. The van der Waals surface area contributed by atoms with Crippen molar-refractivity contribution in [2.75, 3.05) is 32.1 Å². The Balaban J connectivity index is 0.000000241. The molecule has 13 heteroatoms. The zero-order chi connectivity index (χ0) is 33.9. The largest absolute Gasteiger partial charge is 0.508 e. The summed E-state index contributed by atoms with van der Waals surface area (Å²) in [6.45, 7) is 7.21. The first kappa shape index (κ1) is 34.7. The molecule has 47 heavy (non-hydrogen) atoms. The molecule has 3 aliphatic heterocycles. The summed E-state index contributed by atoms with van der Waals surface area (Å²) in [5, 5.41) is 9.28. The van der Waals surface area contributed by atoms with Gasteiger partial charge in [0.15, 0.2) is 0 Å². The maximum absolute atomic E-state index is 12.2. The van der Waals surface area contributed by atoms with E-state index in [1.165, 1.54) is 26.7 Å². The first-order valence-electron chi connectivity index (χ1n) is 15.7. The topological polar surface area (TPSA) is 134 Å². The zero-order valence-corrected chi connectivity index (χ0v) is 28.9. The number of phenols is 1. The number of amides is 1. The zero-order valence-electron chi connectivity index (χ0n) is 27.3. The van der Waals surface area contributed by atoms with Crippen LogP contribution in [0.2, 0.25) is 0 Å². The van der Waals surface area contributed by atoms with E-state index in [9.17, 15) is 26.7 Å². The lowest BCUT2D eigenvalue weighted by Crippen LogP contribution is -2.37. The van der Waals surface area contributed by atoms with E-state index in [4.69, 9.17) is 9.47 Å². The van der Waals surface area contributed by atoms with E-state index in [-0.39, 0.29) is 17.9 Å². The summed E-state index contributed by atoms with van der Waals surface area (Å²) in [7, 11) is -6.28. The van der Waals surface area contributed by atoms with E-state index in [0.29, 0.717) is 58.7 Å². The smallest absolute Gasteiger partial charge is 0.410 e. The highest BCUT2D eigenvalue weighted by molar-refractivity contribution is 7.88. The predicted molar refractivity (Wildman–Crippen MR) is 179 cm³/mol. The number of nitrogens with zero attached hydrogens (tertiary/aromatic N) is 3. The number of carbonyl (C=O) groups excluding carboxylic acids is 1. The monoisotopic (exact) mass is 685 g/mol. The van der Waals surface area contributed by atoms with Crippen LogP contribution < -0.4 is 4.74 Å². The van der Waals surface area contributed by atoms with Gasteiger partial charge >= 0.3 is 6.09 Å². The Morgan fingerprint density at radius 3 is 1.87 bits per heavy atom. The Hall–Kier alpha value is -3.65. The van der Waals surface area contributed by atoms with Crippen molar-refractivity contribution in [3.05, 3.63) is 93.5 Å². The molecule has 0 aliphatic carbocycles. The number of carbonyl (C=O) groups is 1. The first-order chi connectivity index (χ1) is 22.2. The number of phenolic OH excluding ortho intramolecular Hbond substituents is 1. The average Bonchev–Trinajstić information content (AvgIpc) is 3.02. The SMILES string of the molecule is CC(C)OC(=O)N1CCc2cc(COc3ccc4c(c3)CCN(S(C)(=O)=O)C4)ccc2C1.CS(=O)(=O)N1CCc2cc(O)ccc2C1. The van der Waals surface area contributed by atoms with Crippen LogP contribution in [-0.4, -0.2) is 79.8 Å². The van der Waals surface area contributed by atoms with Gasteiger partial charge in [-0.15, -0.1) is 0 Å². The van der Waals surface area contributed by atoms with Gasteiger partial charge in [0.2, 0.25) is 20.0 Å². The molecule has 0 saturated heterocycles. The molecule has 3 aromatic rings. The van der Waals surface area contributed by atoms with Gasteiger partial charge in [-0.05, 0) is 96.3 Å². The standard InChI is InChI=1S/C24H30N2O5S.C10H13NO3S/c1-17(2)31-24(27)25-10-8-19-12-18(4-5-21(19)14-25)16-30-23-7-6-22-15-26(32(3,28)29)11-9-20(22)13-23;1-15(13,14)11-5-4-8-6-10(12)3-2-9(8)7-11/h4-7,12-13,17H,8-11,14-16H2,1-3H3;2-3,6,12H,4-5,7H2,1H3. The van der Waals surface area contributed by atoms with E-state index >= 15 is 0 Å². The van der Waals surface area contributed by atoms with Crippen molar-refractivity contribution < 1.29 is 36.2 Å². The van der Waals surface area contributed by atoms with Crippen LogP contribution in [0.5, 0.6) is 11.5 Å². The van der Waals surface area contributed by atoms with Gasteiger partial charge in [0, 0.05) is 39.3 Å². The van der Waals surface area contributed by atoms with Gasteiger partial charge in [-0.25, -0.2) is 21.6 Å². The van der Waals surface area contributed by atoms with Crippen LogP contribution >= 0.6 is 0 Å². The molecule has 0 aromatic heterocycles. The summed E-state index contributed by atoms with van der Waals surface area (Å²) in [6, 6.07) is 17.2. The normalized spacial score (nSPS) is 16.7. The molecule has 1 amide bonds. The van der Waals surface area contributed by atoms with Crippen LogP contribution in [0.15, 0.2) is 54.6 Å². The van der Waals surface area contributed by atoms with E-state index < -0.39 is 20.0 Å². The molecule has 0 atom stereocenters. The van der Waals surface area contributed by atoms with Gasteiger partial charge in [-0.1, -0.05) is 30.3 Å². The summed E-state index contributed by atoms with van der Waals surface area (Å²) < 4.78 is 60.6. The minimum absolute atomic E-state index is 0.120. The molecule has 11 nitrogen and oxygen atoms in total. The lowest BCUT2D eigenvalue weighted by atomic mass is 9.97. The highest BCUT2D eigenvalue weighted by Crippen LogP contribution is 2.27. The number of fused-ring (bicyclic) bond motifs is 3. The predicted octanol–water partition coefficient (Wildman–Crippen LogP) is 4.20. The number of rotatable bonds is 6. The molecule has 0 fully saturated rings. The lowest BCUT2D eigenvalue weighted by Gasteiger charge is -2.29. The van der Waals surface area contributed by atoms with Gasteiger partial charge in [-0.3, -0.25) is 0 Å². The molecule has 0 unspecified atom stereocenters. The van der Waals surface area contributed by atoms with Crippen molar-refractivity contribution in [3.8, 4) is 11.5 Å². The number of aromatic hydroxyl groups is 1. The molecule has 1 N–H and O–H groups in total. The Morgan fingerprint density at radius 1 is 0.723 bits per heavy atom. The molecule has 6 rings (SSSR count). The molecule has 0 bridgehead atoms. The third-order valence-corrected chi connectivity index (χ3v) is 11.0. The molecule has 3 aromatic carbocycles. The second kappa shape index (κ2) is 14.2. The van der Waals surface area contributed by atoms with Gasteiger partial charge in [0.25, 0.3) is 0 Å². The van der Waals surface area contributed by atoms with Crippen molar-refractivity contribution in [1.29, 1.82) is 0 Å². The Morgan fingerprint density at radius 2 is 1.26 bits per heavy atom. The van der Waals surface area contributed by atoms with Crippen molar-refractivity contribution in [2.45, 2.75) is 65.5 Å². The second-order valence-electron chi connectivity index (χ2n) is 12.6. The third-order valence-electron chi connectivity index (χ3n) is 8.54. The molecular weight excluding hydrogens is 643 g/mol. The number of hydrogen-bond acceptors (Lipinski definition) is 8. The molecule has 254 valence electrons. The van der Waals surface area contributed by atoms with Crippen LogP contribution in [0, 0.1) is 0 Å². The van der Waals surface area contributed by atoms with Crippen LogP contribution in [0.1, 0.15) is 52.8 Å². The number of benzene rings is 3. The van der Waals surface area contributed by atoms with E-state index in [0.717, 1.165) is 45.6 Å². The number of hydrogen-bond donors (Lipinski definition) is 1. The fourth-order valence-corrected chi connectivity index (χ4v) is 7.56. The average molecular weight is 686 g/mol. The van der Waals surface area contributed by atoms with E-state index in [2.05, 4.69) is 12.1 Å². The van der Waals surface area contributed by atoms with Gasteiger partial charge in [0.05, 0.1) is 18.6 Å². The molecule has 0 spiro atoms. The first-order valence-corrected chi connectivity index (χ1v) is 19.4. The van der Waals surface area contributed by atoms with Crippen molar-refractivity contribution >= 4 is 26.1 Å². The van der Waals surface area contributed by atoms with Gasteiger partial charge in [0.1, 0.15) is 18.1 Å². The van der Waals surface area contributed by atoms with Gasteiger partial charge in [-0.2, -0.15) is 8.61 Å². The van der Waals surface area contributed by atoms with Gasteiger partial charge < -0.3 is 19.5 Å². The minimum atomic E-state index is -3.17. The fraction of sp³-hybridized carbons (Fsp3) is 0.441. The second-order valence-corrected chi connectivity index (χ2v) is 16.5. The third kappa shape index (κ3) is 9.04. The van der Waals surface area contributed by atoms with Crippen molar-refractivity contribution in [2.24, 2.45) is 0 Å². The number of sulfonamides is 2. The van der Waals surface area contributed by atoms with Crippen LogP contribution in [-0.2, 0) is 70.3 Å². The maximum atomic E-state index is 12.2. The van der Waals surface area contributed by atoms with Crippen molar-refractivity contribution in [3.63, 3.8) is 0 Å². The summed E-state index contributed by atoms with van der Waals surface area (Å²) in [6.07, 6.45) is 4.24. The summed E-state index contributed by atoms with van der Waals surface area (Å²) in [4.78, 5) is 13.9. The van der Waals surface area contributed by atoms with Crippen LogP contribution in [0.3, 0.4) is 0 Å². The molecule has 0 radical (unpaired) electrons. The molecule has 0 saturated carbocycles.